The van der Waals surface area contributed by atoms with Gasteiger partial charge < -0.3 is 4.57 Å². The fourth-order valence-corrected chi connectivity index (χ4v) is 2.98. The van der Waals surface area contributed by atoms with Crippen LogP contribution in [0.1, 0.15) is 6.42 Å². The molecule has 4 rings (SSSR count). The fraction of sp³-hybridized carbons (Fsp3) is 0.176. The van der Waals surface area contributed by atoms with Crippen molar-refractivity contribution in [2.45, 2.75) is 13.0 Å². The monoisotopic (exact) mass is 294 g/mol. The van der Waals surface area contributed by atoms with Gasteiger partial charge >= 0.3 is 0 Å². The number of halogens is 1. The van der Waals surface area contributed by atoms with Crippen molar-refractivity contribution >= 4 is 21.8 Å². The van der Waals surface area contributed by atoms with Crippen LogP contribution in [0.15, 0.2) is 55.1 Å². The highest BCUT2D eigenvalue weighted by Gasteiger charge is 2.11. The summed E-state index contributed by atoms with van der Waals surface area (Å²) in [5.41, 5.74) is 3.23. The quantitative estimate of drug-likeness (QED) is 0.575. The molecule has 0 aliphatic carbocycles. The third-order valence-electron chi connectivity index (χ3n) is 3.95. The molecule has 0 bridgehead atoms. The summed E-state index contributed by atoms with van der Waals surface area (Å²) in [5.74, 6) is 0. The lowest BCUT2D eigenvalue weighted by Gasteiger charge is -2.06. The van der Waals surface area contributed by atoms with Gasteiger partial charge in [0.2, 0.25) is 0 Å². The van der Waals surface area contributed by atoms with Crippen molar-refractivity contribution in [2.75, 3.05) is 6.67 Å². The number of alkyl halides is 1. The number of aryl methyl sites for hydroxylation is 1. The fourth-order valence-electron chi connectivity index (χ4n) is 2.98. The zero-order chi connectivity index (χ0) is 14.9. The Morgan fingerprint density at radius 1 is 1.00 bits per heavy atom. The molecule has 0 unspecified atom stereocenters. The standard InChI is InChI=1S/C17H15FN4/c18-8-3-9-21-16-5-2-1-4-14(16)15-10-13(6-7-17(15)21)22-12-19-11-20-22/h1-2,4-7,10-12H,3,8-9H2. The van der Waals surface area contributed by atoms with Crippen LogP contribution in [0.5, 0.6) is 0 Å². The second kappa shape index (κ2) is 5.26. The van der Waals surface area contributed by atoms with Gasteiger partial charge in [0.15, 0.2) is 0 Å². The van der Waals surface area contributed by atoms with Crippen molar-refractivity contribution in [1.82, 2.24) is 19.3 Å². The third-order valence-corrected chi connectivity index (χ3v) is 3.95. The van der Waals surface area contributed by atoms with Gasteiger partial charge in [-0.25, -0.2) is 9.67 Å². The van der Waals surface area contributed by atoms with Crippen molar-refractivity contribution in [1.29, 1.82) is 0 Å². The van der Waals surface area contributed by atoms with Crippen LogP contribution in [-0.4, -0.2) is 26.0 Å². The molecule has 0 spiro atoms. The van der Waals surface area contributed by atoms with E-state index in [1.165, 1.54) is 11.7 Å². The molecule has 4 aromatic rings. The number of benzene rings is 2. The highest BCUT2D eigenvalue weighted by Crippen LogP contribution is 2.30. The largest absolute Gasteiger partial charge is 0.340 e. The maximum atomic E-state index is 12.6. The summed E-state index contributed by atoms with van der Waals surface area (Å²) in [7, 11) is 0. The molecule has 2 aromatic heterocycles. The van der Waals surface area contributed by atoms with Gasteiger partial charge in [-0.2, -0.15) is 5.10 Å². The average Bonchev–Trinajstić information content (AvgIpc) is 3.19. The van der Waals surface area contributed by atoms with Crippen LogP contribution in [0, 0.1) is 0 Å². The first-order valence-corrected chi connectivity index (χ1v) is 7.30. The summed E-state index contributed by atoms with van der Waals surface area (Å²) < 4.78 is 16.5. The second-order valence-corrected chi connectivity index (χ2v) is 5.25. The van der Waals surface area contributed by atoms with Gasteiger partial charge in [-0.15, -0.1) is 0 Å². The van der Waals surface area contributed by atoms with Gasteiger partial charge in [0, 0.05) is 28.4 Å². The molecule has 22 heavy (non-hydrogen) atoms. The first kappa shape index (κ1) is 13.0. The number of hydrogen-bond acceptors (Lipinski definition) is 2. The number of para-hydroxylation sites is 1. The SMILES string of the molecule is FCCCn1c2ccccc2c2cc(-n3cncn3)ccc21. The van der Waals surface area contributed by atoms with Gasteiger partial charge in [-0.05, 0) is 30.7 Å². The molecule has 2 heterocycles. The van der Waals surface area contributed by atoms with E-state index in [4.69, 9.17) is 0 Å². The first-order valence-electron chi connectivity index (χ1n) is 7.30. The molecule has 0 saturated heterocycles. The Morgan fingerprint density at radius 3 is 2.68 bits per heavy atom. The van der Waals surface area contributed by atoms with Crippen LogP contribution < -0.4 is 0 Å². The molecule has 5 heteroatoms. The van der Waals surface area contributed by atoms with E-state index in [1.807, 2.05) is 18.2 Å². The summed E-state index contributed by atoms with van der Waals surface area (Å²) in [6.07, 6.45) is 3.73. The number of nitrogens with zero attached hydrogens (tertiary/aromatic N) is 4. The van der Waals surface area contributed by atoms with Crippen molar-refractivity contribution in [3.8, 4) is 5.69 Å². The van der Waals surface area contributed by atoms with E-state index in [9.17, 15) is 4.39 Å². The topological polar surface area (TPSA) is 35.6 Å². The van der Waals surface area contributed by atoms with E-state index < -0.39 is 0 Å². The molecule has 4 nitrogen and oxygen atoms in total. The predicted molar refractivity (Wildman–Crippen MR) is 85.0 cm³/mol. The Labute approximate surface area is 126 Å². The zero-order valence-corrected chi connectivity index (χ0v) is 12.0. The highest BCUT2D eigenvalue weighted by molar-refractivity contribution is 6.08. The maximum Gasteiger partial charge on any atom is 0.138 e. The van der Waals surface area contributed by atoms with Crippen molar-refractivity contribution < 1.29 is 4.39 Å². The molecule has 0 fully saturated rings. The molecule has 0 aliphatic rings. The van der Waals surface area contributed by atoms with Gasteiger partial charge in [0.25, 0.3) is 0 Å². The molecule has 2 aromatic carbocycles. The van der Waals surface area contributed by atoms with Crippen molar-refractivity contribution in [3.05, 3.63) is 55.1 Å². The minimum Gasteiger partial charge on any atom is -0.340 e. The first-order chi connectivity index (χ1) is 10.9. The summed E-state index contributed by atoms with van der Waals surface area (Å²) >= 11 is 0. The molecular formula is C17H15FN4. The van der Waals surface area contributed by atoms with E-state index in [-0.39, 0.29) is 6.67 Å². The molecule has 0 saturated carbocycles. The van der Waals surface area contributed by atoms with Gasteiger partial charge in [-0.1, -0.05) is 18.2 Å². The van der Waals surface area contributed by atoms with Crippen LogP contribution in [0.3, 0.4) is 0 Å². The Bertz CT molecular complexity index is 925. The Balaban J connectivity index is 1.98. The zero-order valence-electron chi connectivity index (χ0n) is 12.0. The minimum absolute atomic E-state index is 0.301. The lowest BCUT2D eigenvalue weighted by atomic mass is 10.1. The molecular weight excluding hydrogens is 279 g/mol. The van der Waals surface area contributed by atoms with E-state index >= 15 is 0 Å². The summed E-state index contributed by atoms with van der Waals surface area (Å²) in [6, 6.07) is 14.4. The Hall–Kier alpha value is -2.69. The number of fused-ring (bicyclic) bond motifs is 3. The van der Waals surface area contributed by atoms with Crippen molar-refractivity contribution in [2.24, 2.45) is 0 Å². The molecule has 110 valence electrons. The van der Waals surface area contributed by atoms with E-state index in [1.54, 1.807) is 11.0 Å². The minimum atomic E-state index is -0.301. The van der Waals surface area contributed by atoms with Crippen LogP contribution in [0.4, 0.5) is 4.39 Å². The Kier molecular flexibility index (Phi) is 3.11. The van der Waals surface area contributed by atoms with Crippen LogP contribution in [0.2, 0.25) is 0 Å². The van der Waals surface area contributed by atoms with Gasteiger partial charge in [-0.3, -0.25) is 4.39 Å². The molecule has 0 aliphatic heterocycles. The molecule has 0 N–H and O–H groups in total. The second-order valence-electron chi connectivity index (χ2n) is 5.25. The van der Waals surface area contributed by atoms with E-state index in [0.29, 0.717) is 13.0 Å². The normalized spacial score (nSPS) is 11.5. The molecule has 0 atom stereocenters. The van der Waals surface area contributed by atoms with E-state index in [0.717, 1.165) is 22.1 Å². The average molecular weight is 294 g/mol. The third kappa shape index (κ3) is 1.97. The lowest BCUT2D eigenvalue weighted by Crippen LogP contribution is -1.99. The van der Waals surface area contributed by atoms with E-state index in [2.05, 4.69) is 38.9 Å². The summed E-state index contributed by atoms with van der Waals surface area (Å²) in [4.78, 5) is 3.99. The molecule has 0 amide bonds. The maximum absolute atomic E-state index is 12.6. The van der Waals surface area contributed by atoms with Crippen LogP contribution >= 0.6 is 0 Å². The highest BCUT2D eigenvalue weighted by atomic mass is 19.1. The molecule has 0 radical (unpaired) electrons. The predicted octanol–water partition coefficient (Wildman–Crippen LogP) is 3.73. The Morgan fingerprint density at radius 2 is 1.86 bits per heavy atom. The smallest absolute Gasteiger partial charge is 0.138 e. The van der Waals surface area contributed by atoms with Crippen molar-refractivity contribution in [3.63, 3.8) is 0 Å². The van der Waals surface area contributed by atoms with Crippen LogP contribution in [0.25, 0.3) is 27.5 Å². The van der Waals surface area contributed by atoms with Gasteiger partial charge in [0.1, 0.15) is 12.7 Å². The van der Waals surface area contributed by atoms with Crippen LogP contribution in [-0.2, 0) is 6.54 Å². The number of rotatable bonds is 4. The van der Waals surface area contributed by atoms with Gasteiger partial charge in [0.05, 0.1) is 12.4 Å². The number of hydrogen-bond donors (Lipinski definition) is 0. The number of aromatic nitrogens is 4. The summed E-state index contributed by atoms with van der Waals surface area (Å²) in [5, 5.41) is 6.51. The lowest BCUT2D eigenvalue weighted by molar-refractivity contribution is 0.452. The summed E-state index contributed by atoms with van der Waals surface area (Å²) in [6.45, 7) is 0.383.